The van der Waals surface area contributed by atoms with Crippen molar-refractivity contribution in [2.24, 2.45) is 5.10 Å². The van der Waals surface area contributed by atoms with Gasteiger partial charge in [-0.25, -0.2) is 0 Å². The summed E-state index contributed by atoms with van der Waals surface area (Å²) in [6.45, 7) is 11.3. The number of likely N-dealkylation sites (N-methyl/N-ethyl adjacent to an activating group) is 1. The Hall–Kier alpha value is -2.93. The average molecular weight is 427 g/mol. The third kappa shape index (κ3) is 6.56. The molecule has 0 bridgehead atoms. The smallest absolute Gasteiger partial charge is 0.260 e. The predicted octanol–water partition coefficient (Wildman–Crippen LogP) is 4.26. The molecule has 0 fully saturated rings. The van der Waals surface area contributed by atoms with E-state index in [1.165, 1.54) is 5.56 Å². The summed E-state index contributed by atoms with van der Waals surface area (Å²) in [6.07, 6.45) is 0. The number of thiocarbonyl (C=S) groups is 1. The van der Waals surface area contributed by atoms with E-state index in [1.54, 1.807) is 4.90 Å². The summed E-state index contributed by atoms with van der Waals surface area (Å²) >= 11 is 5.34. The Balaban J connectivity index is 1.91. The number of hydrazone groups is 1. The molecule has 0 unspecified atom stereocenters. The Morgan fingerprint density at radius 2 is 1.77 bits per heavy atom. The van der Waals surface area contributed by atoms with Crippen LogP contribution in [0.1, 0.15) is 37.5 Å². The third-order valence-corrected chi connectivity index (χ3v) is 5.12. The van der Waals surface area contributed by atoms with Crippen LogP contribution in [0.2, 0.25) is 0 Å². The van der Waals surface area contributed by atoms with Gasteiger partial charge in [0.1, 0.15) is 5.75 Å². The second-order valence-electron chi connectivity index (χ2n) is 6.89. The number of nitrogens with one attached hydrogen (secondary N) is 2. The van der Waals surface area contributed by atoms with E-state index >= 15 is 0 Å². The standard InChI is InChI=1S/C23H30N4O2S/c1-6-27(7-2)22(28)15-29-20-13-11-19(12-14-20)18(5)25-26-23(30)24-21-10-8-9-16(3)17(21)4/h8-14H,6-7,15H2,1-5H3,(H2,24,26,30)/b25-18-. The molecule has 0 radical (unpaired) electrons. The molecule has 0 aromatic heterocycles. The number of carbonyl (C=O) groups excluding carboxylic acids is 1. The van der Waals surface area contributed by atoms with E-state index in [4.69, 9.17) is 17.0 Å². The topological polar surface area (TPSA) is 66.0 Å². The van der Waals surface area contributed by atoms with Crippen molar-refractivity contribution in [1.29, 1.82) is 0 Å². The van der Waals surface area contributed by atoms with Crippen molar-refractivity contribution in [1.82, 2.24) is 10.3 Å². The summed E-state index contributed by atoms with van der Waals surface area (Å²) < 4.78 is 5.60. The van der Waals surface area contributed by atoms with Gasteiger partial charge in [-0.05, 0) is 93.9 Å². The number of hydrogen-bond donors (Lipinski definition) is 2. The fourth-order valence-electron chi connectivity index (χ4n) is 2.84. The van der Waals surface area contributed by atoms with Crippen molar-refractivity contribution in [3.63, 3.8) is 0 Å². The molecule has 0 saturated heterocycles. The van der Waals surface area contributed by atoms with Crippen LogP contribution in [0.4, 0.5) is 5.69 Å². The summed E-state index contributed by atoms with van der Waals surface area (Å²) in [4.78, 5) is 13.8. The van der Waals surface area contributed by atoms with Gasteiger partial charge in [0.25, 0.3) is 5.91 Å². The van der Waals surface area contributed by atoms with Gasteiger partial charge in [0, 0.05) is 18.8 Å². The average Bonchev–Trinajstić information content (AvgIpc) is 2.75. The van der Waals surface area contributed by atoms with Gasteiger partial charge in [-0.1, -0.05) is 12.1 Å². The number of rotatable bonds is 8. The van der Waals surface area contributed by atoms with Crippen LogP contribution in [-0.2, 0) is 4.79 Å². The van der Waals surface area contributed by atoms with Crippen LogP contribution in [0.15, 0.2) is 47.6 Å². The van der Waals surface area contributed by atoms with E-state index in [-0.39, 0.29) is 12.5 Å². The minimum absolute atomic E-state index is 0.0177. The summed E-state index contributed by atoms with van der Waals surface area (Å²) in [5.74, 6) is 0.628. The van der Waals surface area contributed by atoms with Crippen molar-refractivity contribution >= 4 is 34.6 Å². The van der Waals surface area contributed by atoms with Crippen LogP contribution >= 0.6 is 12.2 Å². The Bertz CT molecular complexity index is 906. The fraction of sp³-hybridized carbons (Fsp3) is 0.348. The maximum absolute atomic E-state index is 12.0. The molecule has 0 spiro atoms. The molecule has 2 rings (SSSR count). The van der Waals surface area contributed by atoms with Crippen LogP contribution in [0.25, 0.3) is 0 Å². The molecule has 1 amide bonds. The van der Waals surface area contributed by atoms with Gasteiger partial charge in [-0.15, -0.1) is 0 Å². The van der Waals surface area contributed by atoms with Crippen LogP contribution in [0, 0.1) is 13.8 Å². The first-order chi connectivity index (χ1) is 14.3. The van der Waals surface area contributed by atoms with E-state index in [0.717, 1.165) is 22.5 Å². The number of anilines is 1. The van der Waals surface area contributed by atoms with Crippen molar-refractivity contribution < 1.29 is 9.53 Å². The normalized spacial score (nSPS) is 11.0. The number of benzene rings is 2. The predicted molar refractivity (Wildman–Crippen MR) is 127 cm³/mol. The van der Waals surface area contributed by atoms with Crippen molar-refractivity contribution in [3.05, 3.63) is 59.2 Å². The van der Waals surface area contributed by atoms with Gasteiger partial charge in [-0.2, -0.15) is 5.10 Å². The van der Waals surface area contributed by atoms with Crippen molar-refractivity contribution in [2.45, 2.75) is 34.6 Å². The van der Waals surface area contributed by atoms with Crippen LogP contribution in [-0.4, -0.2) is 41.3 Å². The molecular weight excluding hydrogens is 396 g/mol. The lowest BCUT2D eigenvalue weighted by Gasteiger charge is -2.18. The molecule has 0 aliphatic rings. The largest absolute Gasteiger partial charge is 0.484 e. The van der Waals surface area contributed by atoms with Crippen LogP contribution in [0.5, 0.6) is 5.75 Å². The van der Waals surface area contributed by atoms with E-state index in [0.29, 0.717) is 24.0 Å². The minimum Gasteiger partial charge on any atom is -0.484 e. The Morgan fingerprint density at radius 3 is 2.40 bits per heavy atom. The maximum Gasteiger partial charge on any atom is 0.260 e. The van der Waals surface area contributed by atoms with Crippen LogP contribution in [0.3, 0.4) is 0 Å². The number of nitrogens with zero attached hydrogens (tertiary/aromatic N) is 2. The second-order valence-corrected chi connectivity index (χ2v) is 7.30. The minimum atomic E-state index is -0.0177. The van der Waals surface area contributed by atoms with E-state index in [2.05, 4.69) is 28.8 Å². The second kappa shape index (κ2) is 11.3. The molecule has 2 aromatic rings. The Kier molecular flexibility index (Phi) is 8.80. The lowest BCUT2D eigenvalue weighted by Crippen LogP contribution is -2.34. The number of carbonyl (C=O) groups is 1. The molecule has 30 heavy (non-hydrogen) atoms. The molecule has 0 heterocycles. The van der Waals surface area contributed by atoms with Gasteiger partial charge in [-0.3, -0.25) is 10.2 Å². The molecular formula is C23H30N4O2S. The summed E-state index contributed by atoms with van der Waals surface area (Å²) in [5.41, 5.74) is 7.90. The van der Waals surface area contributed by atoms with Gasteiger partial charge in [0.05, 0.1) is 5.71 Å². The molecule has 2 aromatic carbocycles. The van der Waals surface area contributed by atoms with Crippen molar-refractivity contribution in [3.8, 4) is 5.75 Å². The molecule has 7 heteroatoms. The highest BCUT2D eigenvalue weighted by molar-refractivity contribution is 7.80. The molecule has 160 valence electrons. The quantitative estimate of drug-likeness (QED) is 0.375. The number of aryl methyl sites for hydroxylation is 1. The maximum atomic E-state index is 12.0. The zero-order chi connectivity index (χ0) is 22.1. The highest BCUT2D eigenvalue weighted by Gasteiger charge is 2.10. The van der Waals surface area contributed by atoms with Gasteiger partial charge < -0.3 is 15.0 Å². The Labute approximate surface area is 184 Å². The molecule has 2 N–H and O–H groups in total. The number of ether oxygens (including phenoxy) is 1. The van der Waals surface area contributed by atoms with Crippen molar-refractivity contribution in [2.75, 3.05) is 25.0 Å². The lowest BCUT2D eigenvalue weighted by molar-refractivity contribution is -0.132. The SMILES string of the molecule is CCN(CC)C(=O)COc1ccc(/C(C)=N\NC(=S)Nc2cccc(C)c2C)cc1. The number of hydrogen-bond acceptors (Lipinski definition) is 4. The first kappa shape index (κ1) is 23.3. The molecule has 0 atom stereocenters. The van der Waals surface area contributed by atoms with E-state index in [9.17, 15) is 4.79 Å². The van der Waals surface area contributed by atoms with Gasteiger partial charge in [0.15, 0.2) is 11.7 Å². The fourth-order valence-corrected chi connectivity index (χ4v) is 3.00. The first-order valence-electron chi connectivity index (χ1n) is 10.0. The van der Waals surface area contributed by atoms with Crippen LogP contribution < -0.4 is 15.5 Å². The molecule has 0 aliphatic heterocycles. The highest BCUT2D eigenvalue weighted by Crippen LogP contribution is 2.18. The first-order valence-corrected chi connectivity index (χ1v) is 10.4. The Morgan fingerprint density at radius 1 is 1.10 bits per heavy atom. The van der Waals surface area contributed by atoms with Gasteiger partial charge in [0.2, 0.25) is 0 Å². The summed E-state index contributed by atoms with van der Waals surface area (Å²) in [7, 11) is 0. The van der Waals surface area contributed by atoms with E-state index < -0.39 is 0 Å². The highest BCUT2D eigenvalue weighted by atomic mass is 32.1. The third-order valence-electron chi connectivity index (χ3n) is 4.93. The monoisotopic (exact) mass is 426 g/mol. The molecule has 6 nitrogen and oxygen atoms in total. The van der Waals surface area contributed by atoms with Gasteiger partial charge >= 0.3 is 0 Å². The molecule has 0 aliphatic carbocycles. The summed E-state index contributed by atoms with van der Waals surface area (Å²) in [5, 5.41) is 7.95. The zero-order valence-electron chi connectivity index (χ0n) is 18.3. The molecule has 0 saturated carbocycles. The van der Waals surface area contributed by atoms with E-state index in [1.807, 2.05) is 64.1 Å². The summed E-state index contributed by atoms with van der Waals surface area (Å²) in [6, 6.07) is 13.5. The number of amides is 1. The lowest BCUT2D eigenvalue weighted by atomic mass is 10.1. The zero-order valence-corrected chi connectivity index (χ0v) is 19.1.